The Bertz CT molecular complexity index is 1310. The zero-order valence-electron chi connectivity index (χ0n) is 17.0. The van der Waals surface area contributed by atoms with Crippen LogP contribution in [-0.2, 0) is 0 Å². The van der Waals surface area contributed by atoms with E-state index in [-0.39, 0.29) is 11.5 Å². The summed E-state index contributed by atoms with van der Waals surface area (Å²) in [5.74, 6) is 0.386. The average molecular weight is 464 g/mol. The molecule has 1 amide bonds. The molecule has 6 nitrogen and oxygen atoms in total. The number of nitrogens with zero attached hydrogens (tertiary/aromatic N) is 2. The van der Waals surface area contributed by atoms with E-state index in [9.17, 15) is 9.59 Å². The number of aromatic nitrogens is 2. The quantitative estimate of drug-likeness (QED) is 0.420. The molecule has 0 aliphatic rings. The molecule has 1 heterocycles. The number of amides is 1. The second-order valence-corrected chi connectivity index (χ2v) is 8.24. The Morgan fingerprint density at radius 3 is 2.47 bits per heavy atom. The van der Waals surface area contributed by atoms with Gasteiger partial charge >= 0.3 is 0 Å². The first-order chi connectivity index (χ1) is 15.5. The summed E-state index contributed by atoms with van der Waals surface area (Å²) in [4.78, 5) is 25.9. The van der Waals surface area contributed by atoms with Gasteiger partial charge in [0.1, 0.15) is 10.8 Å². The van der Waals surface area contributed by atoms with Crippen LogP contribution in [0, 0.1) is 0 Å². The number of carbonyl (C=O) groups excluding carboxylic acids is 1. The van der Waals surface area contributed by atoms with Gasteiger partial charge in [-0.15, -0.1) is 0 Å². The summed E-state index contributed by atoms with van der Waals surface area (Å²) < 4.78 is 6.48. The van der Waals surface area contributed by atoms with Crippen molar-refractivity contribution in [1.29, 1.82) is 0 Å². The van der Waals surface area contributed by atoms with Crippen molar-refractivity contribution in [1.82, 2.24) is 9.78 Å². The van der Waals surface area contributed by atoms with Crippen LogP contribution in [0.4, 0.5) is 5.69 Å². The molecular weight excluding hydrogens is 446 g/mol. The summed E-state index contributed by atoms with van der Waals surface area (Å²) in [7, 11) is 1.57. The monoisotopic (exact) mass is 463 g/mol. The number of halogens is 1. The number of methoxy groups -OCH3 is 1. The van der Waals surface area contributed by atoms with Crippen LogP contribution in [-0.4, -0.2) is 22.8 Å². The van der Waals surface area contributed by atoms with E-state index in [0.29, 0.717) is 32.7 Å². The molecule has 8 heteroatoms. The van der Waals surface area contributed by atoms with Crippen molar-refractivity contribution in [3.63, 3.8) is 0 Å². The fourth-order valence-electron chi connectivity index (χ4n) is 2.92. The van der Waals surface area contributed by atoms with E-state index in [0.717, 1.165) is 4.90 Å². The highest BCUT2D eigenvalue weighted by Gasteiger charge is 2.09. The van der Waals surface area contributed by atoms with E-state index in [4.69, 9.17) is 16.3 Å². The molecule has 0 bridgehead atoms. The first-order valence-electron chi connectivity index (χ1n) is 9.61. The van der Waals surface area contributed by atoms with Gasteiger partial charge in [0.15, 0.2) is 0 Å². The van der Waals surface area contributed by atoms with E-state index in [1.807, 2.05) is 12.1 Å². The predicted molar refractivity (Wildman–Crippen MR) is 126 cm³/mol. The summed E-state index contributed by atoms with van der Waals surface area (Å²) in [5, 5.41) is 8.58. The molecule has 160 valence electrons. The van der Waals surface area contributed by atoms with E-state index >= 15 is 0 Å². The lowest BCUT2D eigenvalue weighted by Gasteiger charge is -2.09. The van der Waals surface area contributed by atoms with Crippen LogP contribution in [0.5, 0.6) is 5.75 Å². The van der Waals surface area contributed by atoms with Gasteiger partial charge in [0.2, 0.25) is 0 Å². The van der Waals surface area contributed by atoms with Crippen molar-refractivity contribution in [3.8, 4) is 11.4 Å². The second kappa shape index (κ2) is 9.72. The van der Waals surface area contributed by atoms with Crippen LogP contribution in [0.25, 0.3) is 5.69 Å². The normalized spacial score (nSPS) is 10.6. The zero-order valence-corrected chi connectivity index (χ0v) is 18.6. The van der Waals surface area contributed by atoms with Gasteiger partial charge in [-0.25, -0.2) is 0 Å². The molecule has 0 fully saturated rings. The van der Waals surface area contributed by atoms with Crippen LogP contribution in [0.1, 0.15) is 10.4 Å². The highest BCUT2D eigenvalue weighted by Crippen LogP contribution is 2.26. The molecule has 0 aliphatic carbocycles. The van der Waals surface area contributed by atoms with Crippen molar-refractivity contribution in [2.75, 3.05) is 12.4 Å². The summed E-state index contributed by atoms with van der Waals surface area (Å²) in [6.45, 7) is 0. The number of ether oxygens (including phenoxy) is 1. The fraction of sp³-hybridized carbons (Fsp3) is 0.0417. The molecule has 1 N–H and O–H groups in total. The van der Waals surface area contributed by atoms with Crippen LogP contribution in [0.2, 0.25) is 5.02 Å². The van der Waals surface area contributed by atoms with Gasteiger partial charge in [0, 0.05) is 33.3 Å². The van der Waals surface area contributed by atoms with Crippen LogP contribution < -0.4 is 15.6 Å². The summed E-state index contributed by atoms with van der Waals surface area (Å²) in [6.07, 6.45) is 0. The molecule has 1 aromatic heterocycles. The lowest BCUT2D eigenvalue weighted by molar-refractivity contribution is 0.102. The molecule has 4 rings (SSSR count). The molecule has 0 atom stereocenters. The van der Waals surface area contributed by atoms with Crippen LogP contribution in [0.3, 0.4) is 0 Å². The zero-order chi connectivity index (χ0) is 22.5. The Balaban J connectivity index is 1.52. The molecule has 0 spiro atoms. The Morgan fingerprint density at radius 1 is 1.00 bits per heavy atom. The van der Waals surface area contributed by atoms with Crippen molar-refractivity contribution in [2.45, 2.75) is 9.92 Å². The lowest BCUT2D eigenvalue weighted by atomic mass is 10.2. The molecule has 32 heavy (non-hydrogen) atoms. The Morgan fingerprint density at radius 2 is 1.75 bits per heavy atom. The van der Waals surface area contributed by atoms with Gasteiger partial charge in [-0.2, -0.15) is 9.78 Å². The first kappa shape index (κ1) is 21.7. The minimum absolute atomic E-state index is 0.265. The predicted octanol–water partition coefficient (Wildman–Crippen LogP) is 5.30. The van der Waals surface area contributed by atoms with Crippen molar-refractivity contribution in [3.05, 3.63) is 106 Å². The molecule has 4 aromatic rings. The number of carbonyl (C=O) groups is 1. The lowest BCUT2D eigenvalue weighted by Crippen LogP contribution is -2.20. The molecule has 0 radical (unpaired) electrons. The van der Waals surface area contributed by atoms with Gasteiger partial charge in [0.05, 0.1) is 12.8 Å². The average Bonchev–Trinajstić information content (AvgIpc) is 2.82. The van der Waals surface area contributed by atoms with Gasteiger partial charge < -0.3 is 10.1 Å². The number of nitrogens with one attached hydrogen (secondary N) is 1. The molecule has 3 aromatic carbocycles. The number of anilines is 1. The third-order valence-corrected chi connectivity index (χ3v) is 5.70. The van der Waals surface area contributed by atoms with Crippen LogP contribution in [0.15, 0.2) is 99.6 Å². The van der Waals surface area contributed by atoms with E-state index < -0.39 is 0 Å². The molecule has 0 unspecified atom stereocenters. The van der Waals surface area contributed by atoms with Gasteiger partial charge in [-0.05, 0) is 66.7 Å². The maximum atomic E-state index is 12.6. The summed E-state index contributed by atoms with van der Waals surface area (Å²) in [5.41, 5.74) is 1.38. The summed E-state index contributed by atoms with van der Waals surface area (Å²) in [6, 6.07) is 24.3. The van der Waals surface area contributed by atoms with Gasteiger partial charge in [-0.1, -0.05) is 29.4 Å². The molecule has 0 saturated carbocycles. The molecular formula is C24H18ClN3O3S. The standard InChI is InChI=1S/C24H18ClN3O3S/c1-31-20-4-2-3-18(15-20)26-24(30)16-5-9-19(10-6-16)28-23(29)14-13-22(27-28)32-21-11-7-17(25)8-12-21/h2-15H,1H3,(H,26,30). The van der Waals surface area contributed by atoms with Gasteiger partial charge in [-0.3, -0.25) is 9.59 Å². The third kappa shape index (κ3) is 5.19. The topological polar surface area (TPSA) is 73.2 Å². The minimum Gasteiger partial charge on any atom is -0.497 e. The Labute approximate surface area is 193 Å². The van der Waals surface area contributed by atoms with E-state index in [1.54, 1.807) is 73.8 Å². The maximum Gasteiger partial charge on any atom is 0.271 e. The van der Waals surface area contributed by atoms with Crippen LogP contribution >= 0.6 is 23.4 Å². The Hall–Kier alpha value is -3.55. The highest BCUT2D eigenvalue weighted by molar-refractivity contribution is 7.99. The summed E-state index contributed by atoms with van der Waals surface area (Å²) >= 11 is 7.35. The minimum atomic E-state index is -0.267. The number of hydrogen-bond acceptors (Lipinski definition) is 5. The second-order valence-electron chi connectivity index (χ2n) is 6.71. The van der Waals surface area contributed by atoms with E-state index in [2.05, 4.69) is 10.4 Å². The van der Waals surface area contributed by atoms with Crippen molar-refractivity contribution in [2.24, 2.45) is 0 Å². The number of benzene rings is 3. The number of rotatable bonds is 6. The van der Waals surface area contributed by atoms with Crippen molar-refractivity contribution < 1.29 is 9.53 Å². The highest BCUT2D eigenvalue weighted by atomic mass is 35.5. The SMILES string of the molecule is COc1cccc(NC(=O)c2ccc(-n3nc(Sc4ccc(Cl)cc4)ccc3=O)cc2)c1. The Kier molecular flexibility index (Phi) is 6.58. The van der Waals surface area contributed by atoms with Gasteiger partial charge in [0.25, 0.3) is 11.5 Å². The number of hydrogen-bond donors (Lipinski definition) is 1. The first-order valence-corrected chi connectivity index (χ1v) is 10.8. The van der Waals surface area contributed by atoms with E-state index in [1.165, 1.54) is 22.5 Å². The molecule has 0 aliphatic heterocycles. The smallest absolute Gasteiger partial charge is 0.271 e. The fourth-order valence-corrected chi connectivity index (χ4v) is 3.81. The maximum absolute atomic E-state index is 12.6. The molecule has 0 saturated heterocycles. The largest absolute Gasteiger partial charge is 0.497 e. The third-order valence-electron chi connectivity index (χ3n) is 4.51. The van der Waals surface area contributed by atoms with Crippen molar-refractivity contribution >= 4 is 35.0 Å².